The van der Waals surface area contributed by atoms with Crippen LogP contribution in [0.2, 0.25) is 0 Å². The number of benzene rings is 1. The first kappa shape index (κ1) is 10.6. The van der Waals surface area contributed by atoms with E-state index in [1.807, 2.05) is 13.8 Å². The molecule has 3 aromatic rings. The van der Waals surface area contributed by atoms with Gasteiger partial charge in [-0.3, -0.25) is 5.10 Å². The molecule has 0 saturated heterocycles. The molecule has 18 heavy (non-hydrogen) atoms. The predicted molar refractivity (Wildman–Crippen MR) is 65.6 cm³/mol. The van der Waals surface area contributed by atoms with Crippen LogP contribution in [0.15, 0.2) is 18.2 Å². The van der Waals surface area contributed by atoms with Crippen molar-refractivity contribution in [2.45, 2.75) is 13.8 Å². The van der Waals surface area contributed by atoms with E-state index in [1.165, 1.54) is 18.2 Å². The Kier molecular flexibility index (Phi) is 2.07. The van der Waals surface area contributed by atoms with Crippen LogP contribution in [0.25, 0.3) is 17.0 Å². The lowest BCUT2D eigenvalue weighted by Gasteiger charge is -2.00. The number of hydrogen-bond acceptors (Lipinski definition) is 4. The molecule has 1 aromatic carbocycles. The Morgan fingerprint density at radius 2 is 1.72 bits per heavy atom. The van der Waals surface area contributed by atoms with Gasteiger partial charge in [-0.25, -0.2) is 4.52 Å². The number of aromatic nitrogens is 4. The number of fused-ring (bicyclic) bond motifs is 1. The second-order valence-electron chi connectivity index (χ2n) is 4.28. The molecule has 0 fully saturated rings. The predicted octanol–water partition coefficient (Wildman–Crippen LogP) is 1.75. The first-order valence-electron chi connectivity index (χ1n) is 5.50. The Balaban J connectivity index is 2.28. The number of phenolic OH excluding ortho intramolecular Hbond substituents is 2. The van der Waals surface area contributed by atoms with Gasteiger partial charge in [-0.15, -0.1) is 10.2 Å². The number of rotatable bonds is 1. The second kappa shape index (κ2) is 3.49. The van der Waals surface area contributed by atoms with Crippen LogP contribution in [0, 0.1) is 13.8 Å². The van der Waals surface area contributed by atoms with Crippen LogP contribution in [0.4, 0.5) is 0 Å². The molecule has 0 bridgehead atoms. The molecular formula is C12H12N4O2. The van der Waals surface area contributed by atoms with Crippen LogP contribution in [0.5, 0.6) is 11.5 Å². The van der Waals surface area contributed by atoms with Crippen molar-refractivity contribution in [1.82, 2.24) is 19.8 Å². The molecule has 2 aromatic heterocycles. The molecule has 0 atom stereocenters. The highest BCUT2D eigenvalue weighted by Gasteiger charge is 2.14. The van der Waals surface area contributed by atoms with Gasteiger partial charge in [0.15, 0.2) is 11.5 Å². The summed E-state index contributed by atoms with van der Waals surface area (Å²) < 4.78 is 1.74. The van der Waals surface area contributed by atoms with Crippen LogP contribution in [-0.4, -0.2) is 30.0 Å². The minimum Gasteiger partial charge on any atom is -0.508 e. The first-order valence-corrected chi connectivity index (χ1v) is 5.50. The Morgan fingerprint density at radius 3 is 2.39 bits per heavy atom. The average Bonchev–Trinajstić information content (AvgIpc) is 2.80. The van der Waals surface area contributed by atoms with E-state index in [-0.39, 0.29) is 11.5 Å². The van der Waals surface area contributed by atoms with Gasteiger partial charge in [-0.1, -0.05) is 0 Å². The van der Waals surface area contributed by atoms with Crippen molar-refractivity contribution in [2.75, 3.05) is 0 Å². The van der Waals surface area contributed by atoms with Crippen LogP contribution in [-0.2, 0) is 0 Å². The highest BCUT2D eigenvalue weighted by atomic mass is 16.3. The number of nitrogens with zero attached hydrogens (tertiary/aromatic N) is 3. The Bertz CT molecular complexity index is 722. The maximum Gasteiger partial charge on any atom is 0.183 e. The van der Waals surface area contributed by atoms with Gasteiger partial charge in [-0.2, -0.15) is 0 Å². The molecule has 92 valence electrons. The van der Waals surface area contributed by atoms with Crippen LogP contribution in [0.1, 0.15) is 11.3 Å². The zero-order valence-electron chi connectivity index (χ0n) is 9.97. The lowest BCUT2D eigenvalue weighted by atomic mass is 10.2. The van der Waals surface area contributed by atoms with Crippen LogP contribution < -0.4 is 0 Å². The van der Waals surface area contributed by atoms with Gasteiger partial charge in [0.05, 0.1) is 0 Å². The molecule has 0 amide bonds. The van der Waals surface area contributed by atoms with Crippen LogP contribution >= 0.6 is 0 Å². The highest BCUT2D eigenvalue weighted by Crippen LogP contribution is 2.28. The van der Waals surface area contributed by atoms with Crippen molar-refractivity contribution in [1.29, 1.82) is 0 Å². The Morgan fingerprint density at radius 1 is 1.06 bits per heavy atom. The fourth-order valence-corrected chi connectivity index (χ4v) is 1.96. The molecule has 0 aliphatic carbocycles. The fraction of sp³-hybridized carbons (Fsp3) is 0.167. The topological polar surface area (TPSA) is 86.4 Å². The summed E-state index contributed by atoms with van der Waals surface area (Å²) >= 11 is 0. The van der Waals surface area contributed by atoms with E-state index in [4.69, 9.17) is 0 Å². The minimum atomic E-state index is -0.0123. The molecule has 0 aliphatic heterocycles. The molecule has 3 rings (SSSR count). The van der Waals surface area contributed by atoms with Gasteiger partial charge in [0.1, 0.15) is 11.5 Å². The summed E-state index contributed by atoms with van der Waals surface area (Å²) in [4.78, 5) is 0. The van der Waals surface area contributed by atoms with Crippen molar-refractivity contribution in [2.24, 2.45) is 0 Å². The standard InChI is InChI=1S/C12H12N4O2/c1-6-7(2)15-16-11(6)13-14-12(16)8-3-9(17)5-10(18)4-8/h3-5,15,17-18H,1-2H3. The van der Waals surface area contributed by atoms with Crippen molar-refractivity contribution in [3.05, 3.63) is 29.5 Å². The van der Waals surface area contributed by atoms with Crippen LogP contribution in [0.3, 0.4) is 0 Å². The monoisotopic (exact) mass is 244 g/mol. The number of phenols is 2. The number of aryl methyl sites for hydroxylation is 2. The van der Waals surface area contributed by atoms with Crippen molar-refractivity contribution >= 4 is 5.65 Å². The third kappa shape index (κ3) is 1.42. The van der Waals surface area contributed by atoms with E-state index >= 15 is 0 Å². The summed E-state index contributed by atoms with van der Waals surface area (Å²) in [6, 6.07) is 4.33. The SMILES string of the molecule is Cc1[nH]n2c(-c3cc(O)cc(O)c3)nnc2c1C. The molecule has 6 heteroatoms. The van der Waals surface area contributed by atoms with Gasteiger partial charge in [-0.05, 0) is 26.0 Å². The normalized spacial score (nSPS) is 11.2. The number of H-pyrrole nitrogens is 1. The highest BCUT2D eigenvalue weighted by molar-refractivity contribution is 5.64. The van der Waals surface area contributed by atoms with E-state index in [9.17, 15) is 10.2 Å². The second-order valence-corrected chi connectivity index (χ2v) is 4.28. The molecular weight excluding hydrogens is 232 g/mol. The van der Waals surface area contributed by atoms with E-state index in [2.05, 4.69) is 15.3 Å². The van der Waals surface area contributed by atoms with Gasteiger partial charge >= 0.3 is 0 Å². The maximum atomic E-state index is 9.50. The van der Waals surface area contributed by atoms with Crippen molar-refractivity contribution in [3.63, 3.8) is 0 Å². The third-order valence-electron chi connectivity index (χ3n) is 3.00. The number of hydrogen-bond donors (Lipinski definition) is 3. The van der Waals surface area contributed by atoms with E-state index in [1.54, 1.807) is 4.52 Å². The summed E-state index contributed by atoms with van der Waals surface area (Å²) in [7, 11) is 0. The minimum absolute atomic E-state index is 0.0123. The summed E-state index contributed by atoms with van der Waals surface area (Å²) in [6.45, 7) is 3.91. The van der Waals surface area contributed by atoms with E-state index in [0.717, 1.165) is 16.9 Å². The Hall–Kier alpha value is -2.50. The molecule has 0 radical (unpaired) electrons. The summed E-state index contributed by atoms with van der Waals surface area (Å²) in [5.41, 5.74) is 3.37. The molecule has 0 unspecified atom stereocenters. The molecule has 3 N–H and O–H groups in total. The summed E-state index contributed by atoms with van der Waals surface area (Å²) in [5, 5.41) is 30.3. The summed E-state index contributed by atoms with van der Waals surface area (Å²) in [5.74, 6) is 0.524. The molecule has 0 saturated carbocycles. The third-order valence-corrected chi connectivity index (χ3v) is 3.00. The quantitative estimate of drug-likeness (QED) is 0.608. The lowest BCUT2D eigenvalue weighted by Crippen LogP contribution is -1.90. The fourth-order valence-electron chi connectivity index (χ4n) is 1.96. The van der Waals surface area contributed by atoms with Gasteiger partial charge in [0, 0.05) is 22.9 Å². The Labute approximate surface area is 103 Å². The molecule has 0 spiro atoms. The molecule has 6 nitrogen and oxygen atoms in total. The summed E-state index contributed by atoms with van der Waals surface area (Å²) in [6.07, 6.45) is 0. The van der Waals surface area contributed by atoms with Gasteiger partial charge in [0.25, 0.3) is 0 Å². The zero-order valence-corrected chi connectivity index (χ0v) is 9.97. The van der Waals surface area contributed by atoms with Gasteiger partial charge in [0.2, 0.25) is 0 Å². The smallest absolute Gasteiger partial charge is 0.183 e. The maximum absolute atomic E-state index is 9.50. The first-order chi connectivity index (χ1) is 8.56. The zero-order chi connectivity index (χ0) is 12.9. The van der Waals surface area contributed by atoms with Crippen molar-refractivity contribution in [3.8, 4) is 22.9 Å². The lowest BCUT2D eigenvalue weighted by molar-refractivity contribution is 0.451. The molecule has 2 heterocycles. The number of aromatic amines is 1. The van der Waals surface area contributed by atoms with E-state index < -0.39 is 0 Å². The van der Waals surface area contributed by atoms with Crippen molar-refractivity contribution < 1.29 is 10.2 Å². The number of nitrogens with one attached hydrogen (secondary N) is 1. The largest absolute Gasteiger partial charge is 0.508 e. The van der Waals surface area contributed by atoms with E-state index in [0.29, 0.717) is 11.4 Å². The van der Waals surface area contributed by atoms with Gasteiger partial charge < -0.3 is 10.2 Å². The average molecular weight is 244 g/mol. The number of aromatic hydroxyl groups is 2. The molecule has 0 aliphatic rings.